The molecule has 0 aliphatic heterocycles. The standard InChI is InChI=1S/C21H17N3OS/c1-26-16-6-4-5-15(11-16)23-21(25)10-9-14-12-18-17-7-2-3-8-19(17)24-20(18)13-22-14/h2-13,24H,1H3,(H,23,25)/b10-9+. The summed E-state index contributed by atoms with van der Waals surface area (Å²) < 4.78 is 0. The molecule has 2 N–H and O–H groups in total. The largest absolute Gasteiger partial charge is 0.353 e. The van der Waals surface area contributed by atoms with Crippen LogP contribution in [0.3, 0.4) is 0 Å². The average molecular weight is 359 g/mol. The minimum atomic E-state index is -0.177. The van der Waals surface area contributed by atoms with Crippen molar-refractivity contribution >= 4 is 51.2 Å². The molecule has 2 aromatic heterocycles. The molecule has 26 heavy (non-hydrogen) atoms. The van der Waals surface area contributed by atoms with E-state index in [-0.39, 0.29) is 5.91 Å². The summed E-state index contributed by atoms with van der Waals surface area (Å²) in [6.45, 7) is 0. The van der Waals surface area contributed by atoms with E-state index >= 15 is 0 Å². The molecule has 0 bridgehead atoms. The van der Waals surface area contributed by atoms with E-state index in [1.807, 2.05) is 54.8 Å². The van der Waals surface area contributed by atoms with Crippen LogP contribution in [0.4, 0.5) is 5.69 Å². The molecule has 0 atom stereocenters. The monoisotopic (exact) mass is 359 g/mol. The van der Waals surface area contributed by atoms with Crippen molar-refractivity contribution in [2.45, 2.75) is 4.90 Å². The quantitative estimate of drug-likeness (QED) is 0.394. The number of pyridine rings is 1. The molecule has 0 radical (unpaired) electrons. The Morgan fingerprint density at radius 1 is 1.08 bits per heavy atom. The minimum absolute atomic E-state index is 0.177. The lowest BCUT2D eigenvalue weighted by atomic mass is 10.1. The Kier molecular flexibility index (Phi) is 4.46. The van der Waals surface area contributed by atoms with E-state index in [0.29, 0.717) is 0 Å². The van der Waals surface area contributed by atoms with E-state index in [0.717, 1.165) is 38.1 Å². The van der Waals surface area contributed by atoms with Gasteiger partial charge in [-0.15, -0.1) is 11.8 Å². The number of aromatic nitrogens is 2. The maximum Gasteiger partial charge on any atom is 0.248 e. The first-order valence-corrected chi connectivity index (χ1v) is 9.45. The molecule has 0 saturated carbocycles. The summed E-state index contributed by atoms with van der Waals surface area (Å²) in [5.74, 6) is -0.177. The van der Waals surface area contributed by atoms with Gasteiger partial charge in [-0.25, -0.2) is 0 Å². The molecule has 5 heteroatoms. The first-order chi connectivity index (χ1) is 12.7. The van der Waals surface area contributed by atoms with Crippen LogP contribution < -0.4 is 5.32 Å². The van der Waals surface area contributed by atoms with Crippen LogP contribution in [0.15, 0.2) is 71.8 Å². The molecule has 4 nitrogen and oxygen atoms in total. The summed E-state index contributed by atoms with van der Waals surface area (Å²) in [7, 11) is 0. The van der Waals surface area contributed by atoms with Crippen LogP contribution in [-0.2, 0) is 4.79 Å². The van der Waals surface area contributed by atoms with Crippen molar-refractivity contribution in [3.8, 4) is 0 Å². The number of H-pyrrole nitrogens is 1. The Morgan fingerprint density at radius 2 is 1.96 bits per heavy atom. The number of anilines is 1. The molecular formula is C21H17N3OS. The summed E-state index contributed by atoms with van der Waals surface area (Å²) in [6, 6.07) is 17.9. The smallest absolute Gasteiger partial charge is 0.248 e. The number of carbonyl (C=O) groups excluding carboxylic acids is 1. The van der Waals surface area contributed by atoms with Crippen LogP contribution in [0.5, 0.6) is 0 Å². The first-order valence-electron chi connectivity index (χ1n) is 8.22. The normalized spacial score (nSPS) is 11.4. The predicted octanol–water partition coefficient (Wildman–Crippen LogP) is 5.09. The molecule has 2 aromatic carbocycles. The Morgan fingerprint density at radius 3 is 2.85 bits per heavy atom. The van der Waals surface area contributed by atoms with Gasteiger partial charge in [-0.3, -0.25) is 9.78 Å². The Balaban J connectivity index is 1.55. The second kappa shape index (κ2) is 7.06. The van der Waals surface area contributed by atoms with Crippen LogP contribution in [0.1, 0.15) is 5.69 Å². The van der Waals surface area contributed by atoms with Crippen molar-refractivity contribution in [2.75, 3.05) is 11.6 Å². The van der Waals surface area contributed by atoms with Gasteiger partial charge < -0.3 is 10.3 Å². The van der Waals surface area contributed by atoms with Crippen molar-refractivity contribution < 1.29 is 4.79 Å². The highest BCUT2D eigenvalue weighted by Crippen LogP contribution is 2.25. The van der Waals surface area contributed by atoms with Crippen molar-refractivity contribution in [1.29, 1.82) is 0 Å². The molecule has 0 aliphatic rings. The highest BCUT2D eigenvalue weighted by atomic mass is 32.2. The summed E-state index contributed by atoms with van der Waals surface area (Å²) in [6.07, 6.45) is 7.05. The van der Waals surface area contributed by atoms with Gasteiger partial charge in [0, 0.05) is 32.9 Å². The zero-order chi connectivity index (χ0) is 17.9. The lowest BCUT2D eigenvalue weighted by Gasteiger charge is -2.03. The van der Waals surface area contributed by atoms with Crippen molar-refractivity contribution in [3.63, 3.8) is 0 Å². The van der Waals surface area contributed by atoms with E-state index in [1.54, 1.807) is 24.0 Å². The SMILES string of the molecule is CSc1cccc(NC(=O)/C=C/c2cc3c(cn2)[nH]c2ccccc23)c1. The number of carbonyl (C=O) groups is 1. The highest BCUT2D eigenvalue weighted by molar-refractivity contribution is 7.98. The summed E-state index contributed by atoms with van der Waals surface area (Å²) in [5.41, 5.74) is 3.60. The number of para-hydroxylation sites is 1. The van der Waals surface area contributed by atoms with Gasteiger partial charge in [-0.1, -0.05) is 24.3 Å². The molecule has 4 aromatic rings. The lowest BCUT2D eigenvalue weighted by Crippen LogP contribution is -2.07. The van der Waals surface area contributed by atoms with Gasteiger partial charge in [0.05, 0.1) is 17.4 Å². The van der Waals surface area contributed by atoms with Gasteiger partial charge in [-0.2, -0.15) is 0 Å². The Labute approximate surface area is 155 Å². The summed E-state index contributed by atoms with van der Waals surface area (Å²) in [4.78, 5) is 21.0. The van der Waals surface area contributed by atoms with Crippen LogP contribution >= 0.6 is 11.8 Å². The maximum atomic E-state index is 12.2. The summed E-state index contributed by atoms with van der Waals surface area (Å²) >= 11 is 1.64. The van der Waals surface area contributed by atoms with Gasteiger partial charge >= 0.3 is 0 Å². The van der Waals surface area contributed by atoms with Gasteiger partial charge in [0.2, 0.25) is 5.91 Å². The second-order valence-electron chi connectivity index (χ2n) is 5.88. The number of benzene rings is 2. The summed E-state index contributed by atoms with van der Waals surface area (Å²) in [5, 5.41) is 5.13. The Hall–Kier alpha value is -3.05. The fourth-order valence-corrected chi connectivity index (χ4v) is 3.36. The molecule has 128 valence electrons. The molecule has 0 fully saturated rings. The van der Waals surface area contributed by atoms with Gasteiger partial charge in [0.15, 0.2) is 0 Å². The third-order valence-corrected chi connectivity index (χ3v) is 4.88. The molecule has 1 amide bonds. The zero-order valence-electron chi connectivity index (χ0n) is 14.2. The molecule has 4 rings (SSSR count). The van der Waals surface area contributed by atoms with Crippen LogP contribution in [-0.4, -0.2) is 22.1 Å². The maximum absolute atomic E-state index is 12.2. The molecule has 0 aliphatic carbocycles. The van der Waals surface area contributed by atoms with Crippen molar-refractivity contribution in [2.24, 2.45) is 0 Å². The Bertz CT molecular complexity index is 1130. The van der Waals surface area contributed by atoms with Gasteiger partial charge in [0.1, 0.15) is 0 Å². The predicted molar refractivity (Wildman–Crippen MR) is 109 cm³/mol. The van der Waals surface area contributed by atoms with Crippen molar-refractivity contribution in [3.05, 3.63) is 72.6 Å². The third kappa shape index (κ3) is 3.34. The number of rotatable bonds is 4. The lowest BCUT2D eigenvalue weighted by molar-refractivity contribution is -0.111. The van der Waals surface area contributed by atoms with E-state index in [9.17, 15) is 4.79 Å². The minimum Gasteiger partial charge on any atom is -0.353 e. The number of amides is 1. The van der Waals surface area contributed by atoms with Crippen LogP contribution in [0.2, 0.25) is 0 Å². The number of nitrogens with zero attached hydrogens (tertiary/aromatic N) is 1. The number of hydrogen-bond acceptors (Lipinski definition) is 3. The van der Waals surface area contributed by atoms with E-state index < -0.39 is 0 Å². The number of fused-ring (bicyclic) bond motifs is 3. The van der Waals surface area contributed by atoms with E-state index in [1.165, 1.54) is 6.08 Å². The molecular weight excluding hydrogens is 342 g/mol. The van der Waals surface area contributed by atoms with Crippen LogP contribution in [0.25, 0.3) is 27.9 Å². The topological polar surface area (TPSA) is 57.8 Å². The molecule has 2 heterocycles. The van der Waals surface area contributed by atoms with E-state index in [4.69, 9.17) is 0 Å². The molecule has 0 saturated heterocycles. The van der Waals surface area contributed by atoms with E-state index in [2.05, 4.69) is 21.4 Å². The molecule has 0 unspecified atom stereocenters. The number of thioether (sulfide) groups is 1. The molecule has 0 spiro atoms. The highest BCUT2D eigenvalue weighted by Gasteiger charge is 2.05. The van der Waals surface area contributed by atoms with Crippen LogP contribution in [0, 0.1) is 0 Å². The fourth-order valence-electron chi connectivity index (χ4n) is 2.90. The number of hydrogen-bond donors (Lipinski definition) is 2. The number of aromatic amines is 1. The van der Waals surface area contributed by atoms with Gasteiger partial charge in [-0.05, 0) is 42.7 Å². The first kappa shape index (κ1) is 16.4. The second-order valence-corrected chi connectivity index (χ2v) is 6.76. The zero-order valence-corrected chi connectivity index (χ0v) is 15.0. The third-order valence-electron chi connectivity index (χ3n) is 4.15. The average Bonchev–Trinajstić information content (AvgIpc) is 3.04. The van der Waals surface area contributed by atoms with Gasteiger partial charge in [0.25, 0.3) is 0 Å². The number of nitrogens with one attached hydrogen (secondary N) is 2. The fraction of sp³-hybridized carbons (Fsp3) is 0.0476. The van der Waals surface area contributed by atoms with Crippen molar-refractivity contribution in [1.82, 2.24) is 9.97 Å².